The molecule has 0 radical (unpaired) electrons. The van der Waals surface area contributed by atoms with Crippen molar-refractivity contribution >= 4 is 11.7 Å². The molecule has 1 N–H and O–H groups in total. The number of hydrogen-bond acceptors (Lipinski definition) is 5. The predicted molar refractivity (Wildman–Crippen MR) is 83.5 cm³/mol. The Labute approximate surface area is 129 Å². The molecule has 3 heterocycles. The van der Waals surface area contributed by atoms with E-state index in [0.29, 0.717) is 12.2 Å². The molecule has 6 heteroatoms. The van der Waals surface area contributed by atoms with E-state index in [2.05, 4.69) is 25.2 Å². The lowest BCUT2D eigenvalue weighted by Gasteiger charge is -2.27. The highest BCUT2D eigenvalue weighted by Gasteiger charge is 2.12. The van der Waals surface area contributed by atoms with Crippen LogP contribution in [0.2, 0.25) is 0 Å². The molecule has 2 aromatic rings. The lowest BCUT2D eigenvalue weighted by Crippen LogP contribution is -2.30. The van der Waals surface area contributed by atoms with Crippen LogP contribution in [0.5, 0.6) is 0 Å². The lowest BCUT2D eigenvalue weighted by molar-refractivity contribution is 0.0945. The minimum Gasteiger partial charge on any atom is -0.357 e. The Morgan fingerprint density at radius 3 is 2.64 bits per heavy atom. The van der Waals surface area contributed by atoms with Gasteiger partial charge in [-0.15, -0.1) is 0 Å². The number of carbonyl (C=O) groups excluding carboxylic acids is 1. The molecule has 22 heavy (non-hydrogen) atoms. The number of nitrogens with one attached hydrogen (secondary N) is 1. The first-order valence-corrected chi connectivity index (χ1v) is 7.57. The molecule has 0 bridgehead atoms. The van der Waals surface area contributed by atoms with Gasteiger partial charge in [-0.05, 0) is 30.9 Å². The molecule has 0 aliphatic carbocycles. The summed E-state index contributed by atoms with van der Waals surface area (Å²) >= 11 is 0. The first-order valence-electron chi connectivity index (χ1n) is 7.57. The van der Waals surface area contributed by atoms with E-state index in [4.69, 9.17) is 0 Å². The number of pyridine rings is 1. The second-order valence-electron chi connectivity index (χ2n) is 5.35. The number of hydrogen-bond donors (Lipinski definition) is 1. The molecule has 1 aliphatic heterocycles. The average molecular weight is 297 g/mol. The fourth-order valence-electron chi connectivity index (χ4n) is 2.52. The number of aromatic nitrogens is 3. The van der Waals surface area contributed by atoms with Crippen LogP contribution in [-0.4, -0.2) is 33.9 Å². The zero-order valence-electron chi connectivity index (χ0n) is 12.4. The first kappa shape index (κ1) is 14.4. The second-order valence-corrected chi connectivity index (χ2v) is 5.35. The SMILES string of the molecule is O=C(NCc1ccc(N2CCCCC2)nc1)c1cnccn1. The number of nitrogens with zero attached hydrogens (tertiary/aromatic N) is 4. The third-order valence-corrected chi connectivity index (χ3v) is 3.74. The highest BCUT2D eigenvalue weighted by atomic mass is 16.1. The van der Waals surface area contributed by atoms with Crippen LogP contribution in [0, 0.1) is 0 Å². The quantitative estimate of drug-likeness (QED) is 0.931. The largest absolute Gasteiger partial charge is 0.357 e. The van der Waals surface area contributed by atoms with Crippen LogP contribution in [0.25, 0.3) is 0 Å². The molecule has 114 valence electrons. The van der Waals surface area contributed by atoms with E-state index in [1.54, 1.807) is 6.20 Å². The zero-order chi connectivity index (χ0) is 15.2. The summed E-state index contributed by atoms with van der Waals surface area (Å²) in [4.78, 5) is 26.6. The molecule has 0 aromatic carbocycles. The van der Waals surface area contributed by atoms with Gasteiger partial charge in [0.15, 0.2) is 0 Å². The molecular formula is C16H19N5O. The first-order chi connectivity index (χ1) is 10.8. The molecule has 3 rings (SSSR count). The Kier molecular flexibility index (Phi) is 4.58. The molecule has 2 aromatic heterocycles. The van der Waals surface area contributed by atoms with Gasteiger partial charge in [-0.3, -0.25) is 9.78 Å². The van der Waals surface area contributed by atoms with Crippen molar-refractivity contribution < 1.29 is 4.79 Å². The Hall–Kier alpha value is -2.50. The van der Waals surface area contributed by atoms with E-state index >= 15 is 0 Å². The summed E-state index contributed by atoms with van der Waals surface area (Å²) in [6.45, 7) is 2.59. The van der Waals surface area contributed by atoms with Crippen molar-refractivity contribution in [1.29, 1.82) is 0 Å². The molecule has 1 aliphatic rings. The average Bonchev–Trinajstić information content (AvgIpc) is 2.61. The van der Waals surface area contributed by atoms with E-state index in [0.717, 1.165) is 24.5 Å². The fourth-order valence-corrected chi connectivity index (χ4v) is 2.52. The standard InChI is InChI=1S/C16H19N5O/c22-16(14-12-17-6-7-18-14)20-11-13-4-5-15(19-10-13)21-8-2-1-3-9-21/h4-7,10,12H,1-3,8-9,11H2,(H,20,22). The summed E-state index contributed by atoms with van der Waals surface area (Å²) in [7, 11) is 0. The van der Waals surface area contributed by atoms with Gasteiger partial charge < -0.3 is 10.2 Å². The van der Waals surface area contributed by atoms with Gasteiger partial charge in [0.05, 0.1) is 6.20 Å². The highest BCUT2D eigenvalue weighted by molar-refractivity contribution is 5.91. The van der Waals surface area contributed by atoms with E-state index in [1.807, 2.05) is 18.3 Å². The van der Waals surface area contributed by atoms with Crippen LogP contribution in [0.4, 0.5) is 5.82 Å². The molecule has 1 fully saturated rings. The van der Waals surface area contributed by atoms with Gasteiger partial charge in [-0.2, -0.15) is 0 Å². The molecule has 0 unspecified atom stereocenters. The van der Waals surface area contributed by atoms with E-state index in [1.165, 1.54) is 31.7 Å². The molecule has 1 amide bonds. The van der Waals surface area contributed by atoms with Gasteiger partial charge in [0.1, 0.15) is 11.5 Å². The molecule has 0 spiro atoms. The summed E-state index contributed by atoms with van der Waals surface area (Å²) in [5, 5.41) is 2.82. The van der Waals surface area contributed by atoms with Crippen molar-refractivity contribution in [3.63, 3.8) is 0 Å². The third kappa shape index (κ3) is 3.58. The number of rotatable bonds is 4. The van der Waals surface area contributed by atoms with Gasteiger partial charge in [0.25, 0.3) is 5.91 Å². The monoisotopic (exact) mass is 297 g/mol. The van der Waals surface area contributed by atoms with Crippen molar-refractivity contribution in [1.82, 2.24) is 20.3 Å². The van der Waals surface area contributed by atoms with Gasteiger partial charge in [-0.25, -0.2) is 9.97 Å². The third-order valence-electron chi connectivity index (χ3n) is 3.74. The van der Waals surface area contributed by atoms with Crippen molar-refractivity contribution in [2.24, 2.45) is 0 Å². The number of carbonyl (C=O) groups is 1. The molecular weight excluding hydrogens is 278 g/mol. The van der Waals surface area contributed by atoms with Crippen LogP contribution in [0.1, 0.15) is 35.3 Å². The van der Waals surface area contributed by atoms with Crippen molar-refractivity contribution in [3.05, 3.63) is 48.2 Å². The number of amides is 1. The molecule has 0 saturated carbocycles. The van der Waals surface area contributed by atoms with Gasteiger partial charge in [0, 0.05) is 38.2 Å². The van der Waals surface area contributed by atoms with Crippen LogP contribution in [0.3, 0.4) is 0 Å². The molecule has 1 saturated heterocycles. The normalized spacial score (nSPS) is 14.6. The van der Waals surface area contributed by atoms with Crippen molar-refractivity contribution in [2.75, 3.05) is 18.0 Å². The Morgan fingerprint density at radius 1 is 1.09 bits per heavy atom. The predicted octanol–water partition coefficient (Wildman–Crippen LogP) is 1.79. The smallest absolute Gasteiger partial charge is 0.271 e. The summed E-state index contributed by atoms with van der Waals surface area (Å²) in [5.41, 5.74) is 1.29. The van der Waals surface area contributed by atoms with E-state index < -0.39 is 0 Å². The minimum atomic E-state index is -0.229. The maximum absolute atomic E-state index is 11.9. The fraction of sp³-hybridized carbons (Fsp3) is 0.375. The Bertz CT molecular complexity index is 608. The summed E-state index contributed by atoms with van der Waals surface area (Å²) in [6, 6.07) is 4.03. The molecule has 0 atom stereocenters. The van der Waals surface area contributed by atoms with Crippen LogP contribution in [-0.2, 0) is 6.54 Å². The van der Waals surface area contributed by atoms with E-state index in [-0.39, 0.29) is 5.91 Å². The summed E-state index contributed by atoms with van der Waals surface area (Å²) in [5.74, 6) is 0.789. The topological polar surface area (TPSA) is 71.0 Å². The lowest BCUT2D eigenvalue weighted by atomic mass is 10.1. The Balaban J connectivity index is 1.56. The number of anilines is 1. The summed E-state index contributed by atoms with van der Waals surface area (Å²) < 4.78 is 0. The maximum atomic E-state index is 11.9. The van der Waals surface area contributed by atoms with Crippen LogP contribution in [0.15, 0.2) is 36.9 Å². The van der Waals surface area contributed by atoms with E-state index in [9.17, 15) is 4.79 Å². The molecule has 6 nitrogen and oxygen atoms in total. The maximum Gasteiger partial charge on any atom is 0.271 e. The Morgan fingerprint density at radius 2 is 1.95 bits per heavy atom. The zero-order valence-corrected chi connectivity index (χ0v) is 12.4. The van der Waals surface area contributed by atoms with Crippen LogP contribution < -0.4 is 10.2 Å². The van der Waals surface area contributed by atoms with Crippen molar-refractivity contribution in [2.45, 2.75) is 25.8 Å². The number of piperidine rings is 1. The van der Waals surface area contributed by atoms with Crippen molar-refractivity contribution in [3.8, 4) is 0 Å². The summed E-state index contributed by atoms with van der Waals surface area (Å²) in [6.07, 6.45) is 10.1. The van der Waals surface area contributed by atoms with Crippen LogP contribution >= 0.6 is 0 Å². The minimum absolute atomic E-state index is 0.229. The van der Waals surface area contributed by atoms with Gasteiger partial charge in [-0.1, -0.05) is 6.07 Å². The van der Waals surface area contributed by atoms with Gasteiger partial charge >= 0.3 is 0 Å². The highest BCUT2D eigenvalue weighted by Crippen LogP contribution is 2.17. The van der Waals surface area contributed by atoms with Gasteiger partial charge in [0.2, 0.25) is 0 Å². The second kappa shape index (κ2) is 6.98.